The zero-order valence-electron chi connectivity index (χ0n) is 12.1. The van der Waals surface area contributed by atoms with Crippen molar-refractivity contribution in [3.8, 4) is 5.75 Å². The Balaban J connectivity index is 1.73. The molecule has 114 valence electrons. The number of methoxy groups -OCH3 is 1. The highest BCUT2D eigenvalue weighted by Crippen LogP contribution is 2.12. The number of nitrogens with one attached hydrogen (secondary N) is 1. The number of rotatable bonds is 4. The Bertz CT molecular complexity index is 470. The monoisotopic (exact) mass is 292 g/mol. The quantitative estimate of drug-likeness (QED) is 0.911. The summed E-state index contributed by atoms with van der Waals surface area (Å²) in [4.78, 5) is 25.2. The smallest absolute Gasteiger partial charge is 0.410 e. The van der Waals surface area contributed by atoms with Crippen LogP contribution >= 0.6 is 0 Å². The molecule has 1 heterocycles. The van der Waals surface area contributed by atoms with E-state index in [9.17, 15) is 9.59 Å². The second-order valence-electron chi connectivity index (χ2n) is 4.93. The maximum Gasteiger partial charge on any atom is 0.412 e. The molecular formula is C15H20N2O4. The van der Waals surface area contributed by atoms with Crippen molar-refractivity contribution in [3.05, 3.63) is 30.3 Å². The molecule has 0 spiro atoms. The Hall–Kier alpha value is -2.08. The minimum absolute atomic E-state index is 0.0113. The van der Waals surface area contributed by atoms with E-state index in [1.54, 1.807) is 17.0 Å². The molecule has 0 bridgehead atoms. The number of carbonyl (C=O) groups excluding carboxylic acids is 2. The maximum atomic E-state index is 11.8. The fraction of sp³-hybridized carbons (Fsp3) is 0.467. The van der Waals surface area contributed by atoms with Gasteiger partial charge in [-0.25, -0.2) is 4.79 Å². The van der Waals surface area contributed by atoms with E-state index in [0.717, 1.165) is 12.8 Å². The van der Waals surface area contributed by atoms with Gasteiger partial charge in [0.1, 0.15) is 12.4 Å². The van der Waals surface area contributed by atoms with Crippen molar-refractivity contribution in [2.75, 3.05) is 26.8 Å². The first-order valence-electron chi connectivity index (χ1n) is 6.99. The molecule has 6 heteroatoms. The van der Waals surface area contributed by atoms with E-state index in [-0.39, 0.29) is 18.6 Å². The molecule has 0 saturated carbocycles. The van der Waals surface area contributed by atoms with E-state index in [1.807, 2.05) is 18.2 Å². The molecule has 2 amide bonds. The molecule has 0 unspecified atom stereocenters. The SMILES string of the molecule is COCC(=O)N1CCC(NC(=O)Oc2ccccc2)CC1. The average Bonchev–Trinajstić information content (AvgIpc) is 2.49. The summed E-state index contributed by atoms with van der Waals surface area (Å²) < 4.78 is 10.0. The van der Waals surface area contributed by atoms with Gasteiger partial charge in [0, 0.05) is 26.2 Å². The van der Waals surface area contributed by atoms with E-state index >= 15 is 0 Å². The fourth-order valence-corrected chi connectivity index (χ4v) is 2.28. The Morgan fingerprint density at radius 2 is 1.90 bits per heavy atom. The van der Waals surface area contributed by atoms with Gasteiger partial charge in [0.15, 0.2) is 0 Å². The minimum Gasteiger partial charge on any atom is -0.410 e. The molecule has 0 aromatic heterocycles. The van der Waals surface area contributed by atoms with Crippen LogP contribution in [0.2, 0.25) is 0 Å². The zero-order chi connectivity index (χ0) is 15.1. The summed E-state index contributed by atoms with van der Waals surface area (Å²) in [5, 5.41) is 2.83. The van der Waals surface area contributed by atoms with Crippen molar-refractivity contribution in [2.45, 2.75) is 18.9 Å². The van der Waals surface area contributed by atoms with Crippen molar-refractivity contribution in [1.29, 1.82) is 0 Å². The number of hydrogen-bond acceptors (Lipinski definition) is 4. The molecule has 1 aliphatic rings. The Labute approximate surface area is 124 Å². The van der Waals surface area contributed by atoms with Gasteiger partial charge >= 0.3 is 6.09 Å². The third kappa shape index (κ3) is 4.75. The molecular weight excluding hydrogens is 272 g/mol. The fourth-order valence-electron chi connectivity index (χ4n) is 2.28. The van der Waals surface area contributed by atoms with E-state index in [0.29, 0.717) is 18.8 Å². The van der Waals surface area contributed by atoms with Crippen LogP contribution in [-0.2, 0) is 9.53 Å². The lowest BCUT2D eigenvalue weighted by atomic mass is 10.1. The Morgan fingerprint density at radius 3 is 2.52 bits per heavy atom. The normalized spacial score (nSPS) is 15.6. The number of para-hydroxylation sites is 1. The molecule has 0 atom stereocenters. The van der Waals surface area contributed by atoms with Crippen LogP contribution in [-0.4, -0.2) is 49.7 Å². The van der Waals surface area contributed by atoms with E-state index in [1.165, 1.54) is 7.11 Å². The summed E-state index contributed by atoms with van der Waals surface area (Å²) in [5.41, 5.74) is 0. The molecule has 6 nitrogen and oxygen atoms in total. The lowest BCUT2D eigenvalue weighted by molar-refractivity contribution is -0.136. The van der Waals surface area contributed by atoms with Crippen LogP contribution in [0.5, 0.6) is 5.75 Å². The number of ether oxygens (including phenoxy) is 2. The summed E-state index contributed by atoms with van der Waals surface area (Å²) in [6.07, 6.45) is 0.987. The topological polar surface area (TPSA) is 67.9 Å². The molecule has 1 aromatic rings. The number of benzene rings is 1. The summed E-state index contributed by atoms with van der Waals surface area (Å²) in [6.45, 7) is 1.35. The third-order valence-electron chi connectivity index (χ3n) is 3.39. The Morgan fingerprint density at radius 1 is 1.24 bits per heavy atom. The first-order valence-corrected chi connectivity index (χ1v) is 6.99. The second-order valence-corrected chi connectivity index (χ2v) is 4.93. The van der Waals surface area contributed by atoms with Gasteiger partial charge in [-0.2, -0.15) is 0 Å². The van der Waals surface area contributed by atoms with Crippen LogP contribution in [0.25, 0.3) is 0 Å². The van der Waals surface area contributed by atoms with Crippen LogP contribution in [0.4, 0.5) is 4.79 Å². The standard InChI is InChI=1S/C15H20N2O4/c1-20-11-14(18)17-9-7-12(8-10-17)16-15(19)21-13-5-3-2-4-6-13/h2-6,12H,7-11H2,1H3,(H,16,19). The van der Waals surface area contributed by atoms with Crippen molar-refractivity contribution < 1.29 is 19.1 Å². The summed E-state index contributed by atoms with van der Waals surface area (Å²) in [7, 11) is 1.51. The highest BCUT2D eigenvalue weighted by atomic mass is 16.6. The third-order valence-corrected chi connectivity index (χ3v) is 3.39. The predicted octanol–water partition coefficient (Wildman–Crippen LogP) is 1.41. The van der Waals surface area contributed by atoms with Crippen LogP contribution in [0.15, 0.2) is 30.3 Å². The molecule has 1 fully saturated rings. The van der Waals surface area contributed by atoms with Gasteiger partial charge in [-0.05, 0) is 25.0 Å². The van der Waals surface area contributed by atoms with Gasteiger partial charge in [0.25, 0.3) is 0 Å². The number of nitrogens with zero attached hydrogens (tertiary/aromatic N) is 1. The van der Waals surface area contributed by atoms with Crippen molar-refractivity contribution in [1.82, 2.24) is 10.2 Å². The largest absolute Gasteiger partial charge is 0.412 e. The van der Waals surface area contributed by atoms with Gasteiger partial charge in [-0.3, -0.25) is 4.79 Å². The summed E-state index contributed by atoms with van der Waals surface area (Å²) >= 11 is 0. The first kappa shape index (κ1) is 15.3. The molecule has 0 radical (unpaired) electrons. The molecule has 1 aromatic carbocycles. The van der Waals surface area contributed by atoms with Gasteiger partial charge in [-0.1, -0.05) is 18.2 Å². The number of amides is 2. The summed E-state index contributed by atoms with van der Waals surface area (Å²) in [5.74, 6) is 0.505. The van der Waals surface area contributed by atoms with Crippen molar-refractivity contribution >= 4 is 12.0 Å². The molecule has 21 heavy (non-hydrogen) atoms. The minimum atomic E-state index is -0.456. The number of hydrogen-bond donors (Lipinski definition) is 1. The van der Waals surface area contributed by atoms with Gasteiger partial charge in [-0.15, -0.1) is 0 Å². The van der Waals surface area contributed by atoms with Crippen LogP contribution in [0, 0.1) is 0 Å². The lowest BCUT2D eigenvalue weighted by Crippen LogP contribution is -2.47. The first-order chi connectivity index (χ1) is 10.2. The predicted molar refractivity (Wildman–Crippen MR) is 77.1 cm³/mol. The van der Waals surface area contributed by atoms with Gasteiger partial charge < -0.3 is 19.7 Å². The van der Waals surface area contributed by atoms with Crippen LogP contribution < -0.4 is 10.1 Å². The highest BCUT2D eigenvalue weighted by molar-refractivity contribution is 5.77. The molecule has 0 aliphatic carbocycles. The lowest BCUT2D eigenvalue weighted by Gasteiger charge is -2.32. The number of likely N-dealkylation sites (tertiary alicyclic amines) is 1. The van der Waals surface area contributed by atoms with E-state index in [4.69, 9.17) is 9.47 Å². The number of piperidine rings is 1. The zero-order valence-corrected chi connectivity index (χ0v) is 12.1. The van der Waals surface area contributed by atoms with Crippen molar-refractivity contribution in [2.24, 2.45) is 0 Å². The van der Waals surface area contributed by atoms with E-state index < -0.39 is 6.09 Å². The average molecular weight is 292 g/mol. The maximum absolute atomic E-state index is 11.8. The van der Waals surface area contributed by atoms with Gasteiger partial charge in [0.05, 0.1) is 0 Å². The van der Waals surface area contributed by atoms with Crippen LogP contribution in [0.1, 0.15) is 12.8 Å². The van der Waals surface area contributed by atoms with Crippen LogP contribution in [0.3, 0.4) is 0 Å². The number of carbonyl (C=O) groups is 2. The second kappa shape index (κ2) is 7.64. The Kier molecular flexibility index (Phi) is 5.57. The van der Waals surface area contributed by atoms with E-state index in [2.05, 4.69) is 5.32 Å². The van der Waals surface area contributed by atoms with Crippen molar-refractivity contribution in [3.63, 3.8) is 0 Å². The summed E-state index contributed by atoms with van der Waals surface area (Å²) in [6, 6.07) is 8.97. The molecule has 1 N–H and O–H groups in total. The highest BCUT2D eigenvalue weighted by Gasteiger charge is 2.24. The molecule has 1 saturated heterocycles. The van der Waals surface area contributed by atoms with Gasteiger partial charge in [0.2, 0.25) is 5.91 Å². The molecule has 1 aliphatic heterocycles. The molecule has 2 rings (SSSR count).